The fraction of sp³-hybridized carbons (Fsp3) is 0.345. The van der Waals surface area contributed by atoms with Gasteiger partial charge in [0.1, 0.15) is 18.3 Å². The first-order valence-corrected chi connectivity index (χ1v) is 12.4. The molecule has 6 nitrogen and oxygen atoms in total. The van der Waals surface area contributed by atoms with E-state index in [0.29, 0.717) is 19.8 Å². The molecule has 5 atom stereocenters. The Kier molecular flexibility index (Phi) is 9.90. The van der Waals surface area contributed by atoms with E-state index in [1.165, 1.54) is 6.92 Å². The number of rotatable bonds is 11. The van der Waals surface area contributed by atoms with E-state index in [9.17, 15) is 4.79 Å². The van der Waals surface area contributed by atoms with Crippen molar-refractivity contribution in [2.45, 2.75) is 56.7 Å². The Bertz CT molecular complexity index is 1050. The molecule has 1 aliphatic rings. The highest BCUT2D eigenvalue weighted by atomic mass is 35.5. The standard InChI is InChI=1S/C29H31ClO6/c1-21(31)35-28-27(34-19-24-15-9-4-10-16-24)26(33-18-23-13-7-3-8-14-23)25(36-29(28)30)20-32-17-22-11-5-2-6-12-22/h2-16,25-29H,17-20H2,1H3/t25?,26-,27+,28?,29+/m1/s1. The molecule has 0 aliphatic carbocycles. The zero-order valence-electron chi connectivity index (χ0n) is 20.2. The van der Waals surface area contributed by atoms with Gasteiger partial charge in [-0.05, 0) is 16.7 Å². The van der Waals surface area contributed by atoms with Gasteiger partial charge in [0, 0.05) is 6.92 Å². The normalized spacial score (nSPS) is 23.8. The minimum atomic E-state index is -0.920. The molecule has 0 saturated carbocycles. The second-order valence-corrected chi connectivity index (χ2v) is 9.05. The molecule has 2 unspecified atom stereocenters. The van der Waals surface area contributed by atoms with Gasteiger partial charge in [-0.1, -0.05) is 103 Å². The molecule has 0 N–H and O–H groups in total. The van der Waals surface area contributed by atoms with Gasteiger partial charge < -0.3 is 23.7 Å². The summed E-state index contributed by atoms with van der Waals surface area (Å²) in [5, 5.41) is 0. The van der Waals surface area contributed by atoms with Crippen molar-refractivity contribution in [2.24, 2.45) is 0 Å². The molecule has 0 bridgehead atoms. The number of esters is 1. The number of alkyl halides is 1. The summed E-state index contributed by atoms with van der Waals surface area (Å²) in [5.41, 5.74) is 2.11. The third kappa shape index (κ3) is 7.63. The van der Waals surface area contributed by atoms with Crippen LogP contribution in [0, 0.1) is 0 Å². The summed E-state index contributed by atoms with van der Waals surface area (Å²) in [6.45, 7) is 2.62. The zero-order valence-corrected chi connectivity index (χ0v) is 21.0. The van der Waals surface area contributed by atoms with Crippen LogP contribution in [0.4, 0.5) is 0 Å². The van der Waals surface area contributed by atoms with E-state index >= 15 is 0 Å². The van der Waals surface area contributed by atoms with E-state index in [1.54, 1.807) is 0 Å². The second kappa shape index (κ2) is 13.5. The topological polar surface area (TPSA) is 63.2 Å². The second-order valence-electron chi connectivity index (χ2n) is 8.62. The monoisotopic (exact) mass is 510 g/mol. The summed E-state index contributed by atoms with van der Waals surface area (Å²) in [7, 11) is 0. The SMILES string of the molecule is CC(=O)OC1[C@@H](OCc2ccccc2)[C@H](OCc2ccccc2)C(COCc2ccccc2)O[C@@H]1Cl. The lowest BCUT2D eigenvalue weighted by atomic mass is 9.99. The van der Waals surface area contributed by atoms with Crippen molar-refractivity contribution in [3.63, 3.8) is 0 Å². The van der Waals surface area contributed by atoms with Crippen molar-refractivity contribution in [1.82, 2.24) is 0 Å². The van der Waals surface area contributed by atoms with Gasteiger partial charge in [-0.3, -0.25) is 4.79 Å². The molecule has 0 amide bonds. The van der Waals surface area contributed by atoms with E-state index < -0.39 is 35.9 Å². The van der Waals surface area contributed by atoms with Gasteiger partial charge in [-0.2, -0.15) is 0 Å². The third-order valence-corrected chi connectivity index (χ3v) is 6.19. The summed E-state index contributed by atoms with van der Waals surface area (Å²) in [5.74, 6) is -0.469. The molecule has 1 fully saturated rings. The van der Waals surface area contributed by atoms with Crippen molar-refractivity contribution in [2.75, 3.05) is 6.61 Å². The molecular formula is C29H31ClO6. The molecule has 190 valence electrons. The highest BCUT2D eigenvalue weighted by Crippen LogP contribution is 2.32. The molecule has 1 heterocycles. The van der Waals surface area contributed by atoms with E-state index in [4.69, 9.17) is 35.3 Å². The number of halogens is 1. The van der Waals surface area contributed by atoms with Gasteiger partial charge in [0.05, 0.1) is 26.4 Å². The molecular weight excluding hydrogens is 480 g/mol. The van der Waals surface area contributed by atoms with Crippen LogP contribution < -0.4 is 0 Å². The maximum absolute atomic E-state index is 11.9. The molecule has 0 aromatic heterocycles. The van der Waals surface area contributed by atoms with Crippen LogP contribution in [0.3, 0.4) is 0 Å². The Morgan fingerprint density at radius 2 is 1.19 bits per heavy atom. The van der Waals surface area contributed by atoms with Crippen molar-refractivity contribution < 1.29 is 28.5 Å². The quantitative estimate of drug-likeness (QED) is 0.259. The molecule has 1 saturated heterocycles. The smallest absolute Gasteiger partial charge is 0.303 e. The van der Waals surface area contributed by atoms with Gasteiger partial charge >= 0.3 is 5.97 Å². The van der Waals surface area contributed by atoms with Crippen LogP contribution in [0.25, 0.3) is 0 Å². The summed E-state index contributed by atoms with van der Waals surface area (Å²) in [6.07, 6.45) is -2.64. The summed E-state index contributed by atoms with van der Waals surface area (Å²) < 4.78 is 30.3. The number of ether oxygens (including phenoxy) is 5. The minimum absolute atomic E-state index is 0.232. The maximum atomic E-state index is 11.9. The summed E-state index contributed by atoms with van der Waals surface area (Å²) in [4.78, 5) is 11.9. The third-order valence-electron chi connectivity index (χ3n) is 5.84. The van der Waals surface area contributed by atoms with Crippen LogP contribution in [-0.2, 0) is 48.3 Å². The van der Waals surface area contributed by atoms with Gasteiger partial charge in [0.15, 0.2) is 11.7 Å². The van der Waals surface area contributed by atoms with Crippen LogP contribution >= 0.6 is 11.6 Å². The Labute approximate surface area is 217 Å². The fourth-order valence-corrected chi connectivity index (χ4v) is 4.44. The molecule has 0 spiro atoms. The Morgan fingerprint density at radius 1 is 0.722 bits per heavy atom. The van der Waals surface area contributed by atoms with Crippen LogP contribution in [0.2, 0.25) is 0 Å². The Hall–Kier alpha value is -2.74. The molecule has 3 aromatic carbocycles. The maximum Gasteiger partial charge on any atom is 0.303 e. The van der Waals surface area contributed by atoms with Gasteiger partial charge in [0.2, 0.25) is 0 Å². The lowest BCUT2D eigenvalue weighted by Crippen LogP contribution is -2.60. The predicted molar refractivity (Wildman–Crippen MR) is 136 cm³/mol. The minimum Gasteiger partial charge on any atom is -0.456 e. The highest BCUT2D eigenvalue weighted by Gasteiger charge is 2.49. The number of carbonyl (C=O) groups is 1. The summed E-state index contributed by atoms with van der Waals surface area (Å²) in [6, 6.07) is 29.5. The molecule has 7 heteroatoms. The van der Waals surface area contributed by atoms with E-state index in [2.05, 4.69) is 0 Å². The van der Waals surface area contributed by atoms with E-state index in [1.807, 2.05) is 91.0 Å². The van der Waals surface area contributed by atoms with Crippen LogP contribution in [0.5, 0.6) is 0 Å². The number of benzene rings is 3. The largest absolute Gasteiger partial charge is 0.456 e. The lowest BCUT2D eigenvalue weighted by Gasteiger charge is -2.43. The molecule has 4 rings (SSSR count). The molecule has 1 aliphatic heterocycles. The van der Waals surface area contributed by atoms with Crippen LogP contribution in [-0.4, -0.2) is 42.6 Å². The molecule has 3 aromatic rings. The van der Waals surface area contributed by atoms with E-state index in [0.717, 1.165) is 16.7 Å². The van der Waals surface area contributed by atoms with Crippen LogP contribution in [0.1, 0.15) is 23.6 Å². The highest BCUT2D eigenvalue weighted by molar-refractivity contribution is 6.20. The van der Waals surface area contributed by atoms with Crippen LogP contribution in [0.15, 0.2) is 91.0 Å². The first-order chi connectivity index (χ1) is 17.6. The number of hydrogen-bond donors (Lipinski definition) is 0. The van der Waals surface area contributed by atoms with Crippen molar-refractivity contribution in [3.8, 4) is 0 Å². The average Bonchev–Trinajstić information content (AvgIpc) is 2.90. The van der Waals surface area contributed by atoms with Crippen molar-refractivity contribution >= 4 is 17.6 Å². The lowest BCUT2D eigenvalue weighted by molar-refractivity contribution is -0.250. The van der Waals surface area contributed by atoms with Gasteiger partial charge in [-0.15, -0.1) is 0 Å². The van der Waals surface area contributed by atoms with Gasteiger partial charge in [0.25, 0.3) is 0 Å². The van der Waals surface area contributed by atoms with Crippen molar-refractivity contribution in [3.05, 3.63) is 108 Å². The first kappa shape index (κ1) is 26.3. The fourth-order valence-electron chi connectivity index (χ4n) is 4.11. The first-order valence-electron chi connectivity index (χ1n) is 12.0. The average molecular weight is 511 g/mol. The van der Waals surface area contributed by atoms with Crippen molar-refractivity contribution in [1.29, 1.82) is 0 Å². The zero-order chi connectivity index (χ0) is 25.2. The van der Waals surface area contributed by atoms with Gasteiger partial charge in [-0.25, -0.2) is 0 Å². The Balaban J connectivity index is 1.53. The Morgan fingerprint density at radius 3 is 1.69 bits per heavy atom. The molecule has 0 radical (unpaired) electrons. The number of carbonyl (C=O) groups excluding carboxylic acids is 1. The number of hydrogen-bond acceptors (Lipinski definition) is 6. The van der Waals surface area contributed by atoms with E-state index in [-0.39, 0.29) is 6.61 Å². The predicted octanol–water partition coefficient (Wildman–Crippen LogP) is 5.27. The molecule has 36 heavy (non-hydrogen) atoms. The summed E-state index contributed by atoms with van der Waals surface area (Å²) >= 11 is 6.59.